The van der Waals surface area contributed by atoms with Crippen molar-refractivity contribution in [2.75, 3.05) is 16.7 Å². The Bertz CT molecular complexity index is 1420. The molecule has 8 nitrogen and oxygen atoms in total. The van der Waals surface area contributed by atoms with Crippen molar-refractivity contribution in [1.82, 2.24) is 19.9 Å². The summed E-state index contributed by atoms with van der Waals surface area (Å²) in [6.45, 7) is 1.88. The highest BCUT2D eigenvalue weighted by Gasteiger charge is 2.22. The molecular weight excluding hydrogens is 470 g/mol. The third-order valence-corrected chi connectivity index (χ3v) is 7.27. The summed E-state index contributed by atoms with van der Waals surface area (Å²) < 4.78 is 30.2. The van der Waals surface area contributed by atoms with Crippen molar-refractivity contribution in [3.05, 3.63) is 89.9 Å². The Morgan fingerprint density at radius 3 is 2.68 bits per heavy atom. The molecule has 2 N–H and O–H groups in total. The predicted molar refractivity (Wildman–Crippen MR) is 135 cm³/mol. The fourth-order valence-corrected chi connectivity index (χ4v) is 5.13. The van der Waals surface area contributed by atoms with E-state index in [1.165, 1.54) is 12.1 Å². The Morgan fingerprint density at radius 2 is 1.88 bits per heavy atom. The molecule has 0 radical (unpaired) electrons. The summed E-state index contributed by atoms with van der Waals surface area (Å²) in [5.41, 5.74) is 2.34. The summed E-state index contributed by atoms with van der Waals surface area (Å²) in [7, 11) is -3.86. The van der Waals surface area contributed by atoms with Crippen LogP contribution < -0.4 is 10.0 Å². The number of hydrogen-bond donors (Lipinski definition) is 2. The smallest absolute Gasteiger partial charge is 0.261 e. The van der Waals surface area contributed by atoms with Crippen molar-refractivity contribution in [3.63, 3.8) is 0 Å². The van der Waals surface area contributed by atoms with E-state index in [1.54, 1.807) is 42.1 Å². The van der Waals surface area contributed by atoms with E-state index in [4.69, 9.17) is 0 Å². The van der Waals surface area contributed by atoms with Crippen LogP contribution in [0.1, 0.15) is 34.2 Å². The number of amides is 1. The lowest BCUT2D eigenvalue weighted by atomic mass is 10.1. The molecule has 1 unspecified atom stereocenters. The minimum absolute atomic E-state index is 0.00949. The maximum atomic E-state index is 13.1. The number of nitrogens with one attached hydrogen (secondary N) is 2. The fraction of sp³-hybridized carbons (Fsp3) is 0.208. The van der Waals surface area contributed by atoms with Crippen molar-refractivity contribution in [2.24, 2.45) is 0 Å². The lowest BCUT2D eigenvalue weighted by Gasteiger charge is -2.17. The maximum absolute atomic E-state index is 13.1. The van der Waals surface area contributed by atoms with Gasteiger partial charge < -0.3 is 5.32 Å². The molecule has 4 rings (SSSR count). The van der Waals surface area contributed by atoms with Gasteiger partial charge in [0.1, 0.15) is 0 Å². The van der Waals surface area contributed by atoms with Gasteiger partial charge in [0.25, 0.3) is 15.9 Å². The van der Waals surface area contributed by atoms with E-state index in [0.29, 0.717) is 23.6 Å². The van der Waals surface area contributed by atoms with Crippen molar-refractivity contribution in [2.45, 2.75) is 24.3 Å². The van der Waals surface area contributed by atoms with Crippen LogP contribution in [0.3, 0.4) is 0 Å². The number of hydrogen-bond acceptors (Lipinski definition) is 6. The van der Waals surface area contributed by atoms with Gasteiger partial charge in [-0.25, -0.2) is 8.42 Å². The summed E-state index contributed by atoms with van der Waals surface area (Å²) in [5, 5.41) is 11.5. The SMILES string of the molecule is CSCCC(NC(=O)c1cccc(S(=O)(=O)Nc2cccc(C)c2)c1)c1nnc2ccccn12. The second-order valence-electron chi connectivity index (χ2n) is 7.80. The molecule has 0 aliphatic heterocycles. The normalized spacial score (nSPS) is 12.4. The molecule has 4 aromatic rings. The highest BCUT2D eigenvalue weighted by molar-refractivity contribution is 7.98. The number of carbonyl (C=O) groups is 1. The molecule has 0 aliphatic carbocycles. The van der Waals surface area contributed by atoms with Crippen LogP contribution in [0.5, 0.6) is 0 Å². The lowest BCUT2D eigenvalue weighted by molar-refractivity contribution is 0.0933. The van der Waals surface area contributed by atoms with Crippen molar-refractivity contribution in [1.29, 1.82) is 0 Å². The number of fused-ring (bicyclic) bond motifs is 1. The summed E-state index contributed by atoms with van der Waals surface area (Å²) >= 11 is 1.67. The minimum Gasteiger partial charge on any atom is -0.342 e. The highest BCUT2D eigenvalue weighted by atomic mass is 32.2. The number of anilines is 1. The zero-order valence-corrected chi connectivity index (χ0v) is 20.4. The van der Waals surface area contributed by atoms with Crippen LogP contribution in [0, 0.1) is 6.92 Å². The van der Waals surface area contributed by atoms with E-state index in [0.717, 1.165) is 11.3 Å². The van der Waals surface area contributed by atoms with E-state index in [2.05, 4.69) is 20.2 Å². The first-order valence-electron chi connectivity index (χ1n) is 10.7. The summed E-state index contributed by atoms with van der Waals surface area (Å²) in [5.74, 6) is 1.05. The molecule has 0 bridgehead atoms. The number of thioether (sulfide) groups is 1. The second-order valence-corrected chi connectivity index (χ2v) is 10.5. The fourth-order valence-electron chi connectivity index (χ4n) is 3.57. The largest absolute Gasteiger partial charge is 0.342 e. The van der Waals surface area contributed by atoms with Gasteiger partial charge in [-0.05, 0) is 73.4 Å². The third-order valence-electron chi connectivity index (χ3n) is 5.24. The molecule has 0 fully saturated rings. The number of nitrogens with zero attached hydrogens (tertiary/aromatic N) is 3. The van der Waals surface area contributed by atoms with Gasteiger partial charge >= 0.3 is 0 Å². The minimum atomic E-state index is -3.86. The number of pyridine rings is 1. The molecular formula is C24H25N5O3S2. The quantitative estimate of drug-likeness (QED) is 0.363. The lowest BCUT2D eigenvalue weighted by Crippen LogP contribution is -2.30. The number of benzene rings is 2. The second kappa shape index (κ2) is 10.3. The van der Waals surface area contributed by atoms with E-state index in [-0.39, 0.29) is 22.4 Å². The summed E-state index contributed by atoms with van der Waals surface area (Å²) in [6.07, 6.45) is 4.50. The molecule has 0 spiro atoms. The molecule has 34 heavy (non-hydrogen) atoms. The average Bonchev–Trinajstić information content (AvgIpc) is 3.25. The Balaban J connectivity index is 1.57. The van der Waals surface area contributed by atoms with Crippen LogP contribution in [0.4, 0.5) is 5.69 Å². The maximum Gasteiger partial charge on any atom is 0.261 e. The van der Waals surface area contributed by atoms with Crippen LogP contribution in [-0.2, 0) is 10.0 Å². The Kier molecular flexibility index (Phi) is 7.18. The van der Waals surface area contributed by atoms with Gasteiger partial charge in [-0.15, -0.1) is 10.2 Å². The van der Waals surface area contributed by atoms with Crippen molar-refractivity contribution in [3.8, 4) is 0 Å². The van der Waals surface area contributed by atoms with E-state index in [1.807, 2.05) is 48.0 Å². The van der Waals surface area contributed by atoms with E-state index >= 15 is 0 Å². The molecule has 176 valence electrons. The Morgan fingerprint density at radius 1 is 1.06 bits per heavy atom. The number of sulfonamides is 1. The number of carbonyl (C=O) groups excluding carboxylic acids is 1. The van der Waals surface area contributed by atoms with Crippen LogP contribution in [0.2, 0.25) is 0 Å². The Labute approximate surface area is 202 Å². The zero-order valence-electron chi connectivity index (χ0n) is 18.8. The van der Waals surface area contributed by atoms with Crippen molar-refractivity contribution >= 4 is 39.0 Å². The molecule has 2 aromatic heterocycles. The first-order chi connectivity index (χ1) is 16.4. The number of rotatable bonds is 9. The van der Waals surface area contributed by atoms with Crippen molar-refractivity contribution < 1.29 is 13.2 Å². The van der Waals surface area contributed by atoms with Gasteiger partial charge in [-0.1, -0.05) is 24.3 Å². The molecule has 2 heterocycles. The molecule has 0 saturated carbocycles. The molecule has 1 amide bonds. The van der Waals surface area contributed by atoms with Crippen LogP contribution in [0.15, 0.2) is 77.8 Å². The average molecular weight is 496 g/mol. The molecule has 10 heteroatoms. The monoisotopic (exact) mass is 495 g/mol. The van der Waals surface area contributed by atoms with Gasteiger partial charge in [0.2, 0.25) is 0 Å². The molecule has 0 aliphatic rings. The van der Waals surface area contributed by atoms with Crippen LogP contribution in [-0.4, -0.2) is 40.9 Å². The van der Waals surface area contributed by atoms with Gasteiger partial charge in [0, 0.05) is 17.4 Å². The Hall–Kier alpha value is -3.37. The van der Waals surface area contributed by atoms with Gasteiger partial charge in [-0.3, -0.25) is 13.9 Å². The van der Waals surface area contributed by atoms with Crippen LogP contribution >= 0.6 is 11.8 Å². The molecule has 1 atom stereocenters. The number of aryl methyl sites for hydroxylation is 1. The highest BCUT2D eigenvalue weighted by Crippen LogP contribution is 2.21. The van der Waals surface area contributed by atoms with E-state index in [9.17, 15) is 13.2 Å². The summed E-state index contributed by atoms with van der Waals surface area (Å²) in [4.78, 5) is 13.2. The van der Waals surface area contributed by atoms with Gasteiger partial charge in [-0.2, -0.15) is 11.8 Å². The van der Waals surface area contributed by atoms with Gasteiger partial charge in [0.15, 0.2) is 11.5 Å². The molecule has 2 aromatic carbocycles. The summed E-state index contributed by atoms with van der Waals surface area (Å²) in [6, 6.07) is 18.3. The third kappa shape index (κ3) is 5.40. The van der Waals surface area contributed by atoms with Gasteiger partial charge in [0.05, 0.1) is 10.9 Å². The van der Waals surface area contributed by atoms with E-state index < -0.39 is 10.0 Å². The predicted octanol–water partition coefficient (Wildman–Crippen LogP) is 4.06. The first-order valence-corrected chi connectivity index (χ1v) is 13.5. The standard InChI is InChI=1S/C24H25N5O3S2/c1-17-7-5-9-19(15-17)28-34(31,32)20-10-6-8-18(16-20)24(30)25-21(12-14-33-2)23-27-26-22-11-3-4-13-29(22)23/h3-11,13,15-16,21,28H,12,14H2,1-2H3,(H,25,30). The first kappa shape index (κ1) is 23.8. The number of aromatic nitrogens is 3. The molecule has 0 saturated heterocycles. The van der Waals surface area contributed by atoms with Crippen LogP contribution in [0.25, 0.3) is 5.65 Å². The topological polar surface area (TPSA) is 105 Å². The zero-order chi connectivity index (χ0) is 24.1.